The molecule has 1 aromatic heterocycles. The summed E-state index contributed by atoms with van der Waals surface area (Å²) in [6.45, 7) is 3.99. The molecule has 4 rings (SSSR count). The Bertz CT molecular complexity index is 1030. The second-order valence-corrected chi connectivity index (χ2v) is 7.92. The number of halogens is 1. The van der Waals surface area contributed by atoms with Crippen molar-refractivity contribution in [2.45, 2.75) is 32.7 Å². The molecule has 0 bridgehead atoms. The third-order valence-electron chi connectivity index (χ3n) is 5.75. The van der Waals surface area contributed by atoms with Gasteiger partial charge < -0.3 is 15.0 Å². The van der Waals surface area contributed by atoms with Gasteiger partial charge in [-0.1, -0.05) is 31.2 Å². The molecule has 0 spiro atoms. The van der Waals surface area contributed by atoms with Crippen LogP contribution in [0.5, 0.6) is 11.6 Å². The zero-order chi connectivity index (χ0) is 22.3. The van der Waals surface area contributed by atoms with Gasteiger partial charge in [0.1, 0.15) is 23.7 Å². The SMILES string of the molecule is CCc1ccc(Oc2cc(N3CCC(C(=O)NCc4ccc(F)cc4)CC3)ncn2)cc1. The molecule has 0 radical (unpaired) electrons. The van der Waals surface area contributed by atoms with Crippen LogP contribution in [0.15, 0.2) is 60.9 Å². The Morgan fingerprint density at radius 3 is 2.44 bits per heavy atom. The van der Waals surface area contributed by atoms with Gasteiger partial charge in [-0.05, 0) is 54.7 Å². The van der Waals surface area contributed by atoms with Gasteiger partial charge in [0.05, 0.1) is 0 Å². The quantitative estimate of drug-likeness (QED) is 0.593. The summed E-state index contributed by atoms with van der Waals surface area (Å²) in [5.41, 5.74) is 2.14. The van der Waals surface area contributed by atoms with Crippen molar-refractivity contribution in [2.24, 2.45) is 5.92 Å². The highest BCUT2D eigenvalue weighted by molar-refractivity contribution is 5.79. The monoisotopic (exact) mass is 434 g/mol. The van der Waals surface area contributed by atoms with E-state index in [0.29, 0.717) is 12.4 Å². The average molecular weight is 435 g/mol. The summed E-state index contributed by atoms with van der Waals surface area (Å²) in [6.07, 6.45) is 3.98. The van der Waals surface area contributed by atoms with Gasteiger partial charge in [0.25, 0.3) is 0 Å². The lowest BCUT2D eigenvalue weighted by Gasteiger charge is -2.32. The molecule has 32 heavy (non-hydrogen) atoms. The summed E-state index contributed by atoms with van der Waals surface area (Å²) in [7, 11) is 0. The third-order valence-corrected chi connectivity index (χ3v) is 5.75. The number of hydrogen-bond acceptors (Lipinski definition) is 5. The molecule has 0 saturated carbocycles. The molecular formula is C25H27FN4O2. The maximum atomic E-state index is 13.0. The molecule has 1 saturated heterocycles. The zero-order valence-electron chi connectivity index (χ0n) is 18.1. The van der Waals surface area contributed by atoms with E-state index in [9.17, 15) is 9.18 Å². The van der Waals surface area contributed by atoms with Gasteiger partial charge in [-0.15, -0.1) is 0 Å². The van der Waals surface area contributed by atoms with Crippen LogP contribution in [-0.2, 0) is 17.8 Å². The van der Waals surface area contributed by atoms with Crippen molar-refractivity contribution in [1.82, 2.24) is 15.3 Å². The number of rotatable bonds is 7. The Morgan fingerprint density at radius 1 is 1.06 bits per heavy atom. The minimum Gasteiger partial charge on any atom is -0.439 e. The van der Waals surface area contributed by atoms with Crippen LogP contribution in [0.2, 0.25) is 0 Å². The van der Waals surface area contributed by atoms with Crippen molar-refractivity contribution >= 4 is 11.7 Å². The molecule has 1 fully saturated rings. The topological polar surface area (TPSA) is 67.3 Å². The van der Waals surface area contributed by atoms with Gasteiger partial charge in [-0.2, -0.15) is 0 Å². The average Bonchev–Trinajstić information content (AvgIpc) is 2.84. The van der Waals surface area contributed by atoms with Crippen LogP contribution in [0.4, 0.5) is 10.2 Å². The summed E-state index contributed by atoms with van der Waals surface area (Å²) in [6, 6.07) is 16.0. The molecule has 7 heteroatoms. The second kappa shape index (κ2) is 10.2. The molecule has 2 heterocycles. The summed E-state index contributed by atoms with van der Waals surface area (Å²) in [5.74, 6) is 1.75. The molecule has 0 atom stereocenters. The number of benzene rings is 2. The van der Waals surface area contributed by atoms with E-state index in [1.165, 1.54) is 24.0 Å². The number of amides is 1. The maximum absolute atomic E-state index is 13.0. The van der Waals surface area contributed by atoms with Gasteiger partial charge in [-0.3, -0.25) is 4.79 Å². The molecule has 1 aliphatic rings. The Morgan fingerprint density at radius 2 is 1.75 bits per heavy atom. The highest BCUT2D eigenvalue weighted by Gasteiger charge is 2.25. The summed E-state index contributed by atoms with van der Waals surface area (Å²) >= 11 is 0. The van der Waals surface area contributed by atoms with Crippen molar-refractivity contribution in [3.8, 4) is 11.6 Å². The maximum Gasteiger partial charge on any atom is 0.224 e. The highest BCUT2D eigenvalue weighted by atomic mass is 19.1. The Hall–Kier alpha value is -3.48. The van der Waals surface area contributed by atoms with Gasteiger partial charge in [-0.25, -0.2) is 14.4 Å². The Balaban J connectivity index is 1.29. The highest BCUT2D eigenvalue weighted by Crippen LogP contribution is 2.26. The van der Waals surface area contributed by atoms with Crippen molar-refractivity contribution in [1.29, 1.82) is 0 Å². The fraction of sp³-hybridized carbons (Fsp3) is 0.320. The lowest BCUT2D eigenvalue weighted by atomic mass is 9.96. The van der Waals surface area contributed by atoms with E-state index >= 15 is 0 Å². The number of carbonyl (C=O) groups is 1. The second-order valence-electron chi connectivity index (χ2n) is 7.92. The summed E-state index contributed by atoms with van der Waals surface area (Å²) in [5, 5.41) is 2.96. The Labute approximate surface area is 187 Å². The molecular weight excluding hydrogens is 407 g/mol. The predicted molar refractivity (Wildman–Crippen MR) is 121 cm³/mol. The van der Waals surface area contributed by atoms with Gasteiger partial charge in [0.2, 0.25) is 11.8 Å². The number of hydrogen-bond donors (Lipinski definition) is 1. The number of piperidine rings is 1. The Kier molecular flexibility index (Phi) is 6.94. The predicted octanol–water partition coefficient (Wildman–Crippen LogP) is 4.50. The van der Waals surface area contributed by atoms with E-state index in [2.05, 4.69) is 27.1 Å². The zero-order valence-corrected chi connectivity index (χ0v) is 18.1. The van der Waals surface area contributed by atoms with E-state index < -0.39 is 0 Å². The fourth-order valence-electron chi connectivity index (χ4n) is 3.78. The molecule has 1 amide bonds. The lowest BCUT2D eigenvalue weighted by Crippen LogP contribution is -2.40. The van der Waals surface area contributed by atoms with Gasteiger partial charge in [0, 0.05) is 31.6 Å². The molecule has 166 valence electrons. The lowest BCUT2D eigenvalue weighted by molar-refractivity contribution is -0.125. The molecule has 3 aromatic rings. The van der Waals surface area contributed by atoms with Crippen LogP contribution in [0.1, 0.15) is 30.9 Å². The van der Waals surface area contributed by atoms with Crippen molar-refractivity contribution in [2.75, 3.05) is 18.0 Å². The molecule has 1 aliphatic heterocycles. The van der Waals surface area contributed by atoms with Crippen LogP contribution in [-0.4, -0.2) is 29.0 Å². The van der Waals surface area contributed by atoms with Crippen LogP contribution in [0, 0.1) is 11.7 Å². The van der Waals surface area contributed by atoms with Gasteiger partial charge in [0.15, 0.2) is 0 Å². The minimum atomic E-state index is -0.278. The number of aromatic nitrogens is 2. The normalized spacial score (nSPS) is 14.2. The molecule has 1 N–H and O–H groups in total. The smallest absolute Gasteiger partial charge is 0.224 e. The van der Waals surface area contributed by atoms with Crippen molar-refractivity contribution < 1.29 is 13.9 Å². The number of aryl methyl sites for hydroxylation is 1. The number of ether oxygens (including phenoxy) is 1. The van der Waals surface area contributed by atoms with Crippen LogP contribution < -0.4 is 15.0 Å². The van der Waals surface area contributed by atoms with E-state index in [1.54, 1.807) is 12.1 Å². The van der Waals surface area contributed by atoms with E-state index in [1.807, 2.05) is 30.3 Å². The van der Waals surface area contributed by atoms with E-state index in [0.717, 1.165) is 49.5 Å². The first kappa shape index (κ1) is 21.7. The largest absolute Gasteiger partial charge is 0.439 e. The molecule has 0 unspecified atom stereocenters. The first-order valence-corrected chi connectivity index (χ1v) is 11.0. The van der Waals surface area contributed by atoms with E-state index in [4.69, 9.17) is 4.74 Å². The van der Waals surface area contributed by atoms with Crippen molar-refractivity contribution in [3.63, 3.8) is 0 Å². The van der Waals surface area contributed by atoms with Crippen LogP contribution in [0.25, 0.3) is 0 Å². The van der Waals surface area contributed by atoms with Gasteiger partial charge >= 0.3 is 0 Å². The summed E-state index contributed by atoms with van der Waals surface area (Å²) < 4.78 is 18.9. The van der Waals surface area contributed by atoms with E-state index in [-0.39, 0.29) is 17.6 Å². The van der Waals surface area contributed by atoms with Crippen LogP contribution >= 0.6 is 0 Å². The summed E-state index contributed by atoms with van der Waals surface area (Å²) in [4.78, 5) is 23.3. The first-order valence-electron chi connectivity index (χ1n) is 11.0. The fourth-order valence-corrected chi connectivity index (χ4v) is 3.78. The number of carbonyl (C=O) groups excluding carboxylic acids is 1. The third kappa shape index (κ3) is 5.60. The molecule has 0 aliphatic carbocycles. The number of nitrogens with zero attached hydrogens (tertiary/aromatic N) is 3. The number of anilines is 1. The molecule has 6 nitrogen and oxygen atoms in total. The van der Waals surface area contributed by atoms with Crippen molar-refractivity contribution in [3.05, 3.63) is 77.9 Å². The van der Waals surface area contributed by atoms with Crippen LogP contribution in [0.3, 0.4) is 0 Å². The standard InChI is InChI=1S/C25H27FN4O2/c1-2-18-5-9-22(10-6-18)32-24-15-23(28-17-29-24)30-13-11-20(12-14-30)25(31)27-16-19-3-7-21(26)8-4-19/h3-10,15,17,20H,2,11-14,16H2,1H3,(H,27,31). The first-order chi connectivity index (χ1) is 15.6. The molecule has 2 aromatic carbocycles. The number of nitrogens with one attached hydrogen (secondary N) is 1. The minimum absolute atomic E-state index is 0.0382.